The van der Waals surface area contributed by atoms with Gasteiger partial charge >= 0.3 is 6.03 Å². The molecule has 3 N–H and O–H groups in total. The van der Waals surface area contributed by atoms with Crippen LogP contribution in [-0.4, -0.2) is 37.5 Å². The Kier molecular flexibility index (Phi) is 3.34. The molecule has 116 valence electrons. The lowest BCUT2D eigenvalue weighted by Gasteiger charge is -2.07. The molecule has 0 spiro atoms. The number of carbonyl (C=O) groups is 1. The van der Waals surface area contributed by atoms with Crippen LogP contribution in [0.5, 0.6) is 0 Å². The quantitative estimate of drug-likeness (QED) is 0.682. The van der Waals surface area contributed by atoms with E-state index in [-0.39, 0.29) is 6.03 Å². The van der Waals surface area contributed by atoms with Crippen LogP contribution in [-0.2, 0) is 0 Å². The minimum absolute atomic E-state index is 0.251. The number of urea groups is 1. The molecule has 3 aromatic heterocycles. The van der Waals surface area contributed by atoms with Crippen LogP contribution >= 0.6 is 0 Å². The molecule has 4 rings (SSSR count). The summed E-state index contributed by atoms with van der Waals surface area (Å²) in [5, 5.41) is 5.55. The zero-order valence-electron chi connectivity index (χ0n) is 12.3. The maximum atomic E-state index is 11.8. The van der Waals surface area contributed by atoms with E-state index in [9.17, 15) is 4.79 Å². The molecule has 0 unspecified atom stereocenters. The topological polar surface area (TPSA) is 108 Å². The van der Waals surface area contributed by atoms with Crippen LogP contribution in [0.1, 0.15) is 12.8 Å². The lowest BCUT2D eigenvalue weighted by atomic mass is 10.3. The van der Waals surface area contributed by atoms with Crippen molar-refractivity contribution in [3.63, 3.8) is 0 Å². The Bertz CT molecular complexity index is 842. The van der Waals surface area contributed by atoms with Crippen molar-refractivity contribution < 1.29 is 4.79 Å². The zero-order chi connectivity index (χ0) is 15.6. The van der Waals surface area contributed by atoms with Gasteiger partial charge in [0, 0.05) is 18.9 Å². The fraction of sp³-hybridized carbons (Fsp3) is 0.267. The smallest absolute Gasteiger partial charge is 0.320 e. The average Bonchev–Trinajstić information content (AvgIpc) is 3.24. The Morgan fingerprint density at radius 1 is 1.26 bits per heavy atom. The SMILES string of the molecule is O=C(NCC1CC1)Nc1ccc2ncc(-c3ncc[nH]3)nc2n1. The highest BCUT2D eigenvalue weighted by Crippen LogP contribution is 2.27. The van der Waals surface area contributed by atoms with Crippen LogP contribution < -0.4 is 10.6 Å². The molecule has 0 aliphatic heterocycles. The standard InChI is InChI=1S/C15H15N7O/c23-15(19-7-9-1-2-9)22-12-4-3-10-14(21-12)20-11(8-18-10)13-16-5-6-17-13/h3-6,8-9H,1-2,7H2,(H,16,17)(H2,19,20,21,22,23). The predicted molar refractivity (Wildman–Crippen MR) is 84.7 cm³/mol. The summed E-state index contributed by atoms with van der Waals surface area (Å²) in [6, 6.07) is 3.23. The summed E-state index contributed by atoms with van der Waals surface area (Å²) >= 11 is 0. The minimum atomic E-state index is -0.251. The third-order valence-electron chi connectivity index (χ3n) is 3.64. The molecule has 8 heteroatoms. The van der Waals surface area contributed by atoms with Gasteiger partial charge in [-0.15, -0.1) is 0 Å². The van der Waals surface area contributed by atoms with Crippen LogP contribution in [0.2, 0.25) is 0 Å². The van der Waals surface area contributed by atoms with Crippen LogP contribution in [0, 0.1) is 5.92 Å². The van der Waals surface area contributed by atoms with Crippen molar-refractivity contribution in [2.24, 2.45) is 5.92 Å². The maximum Gasteiger partial charge on any atom is 0.320 e. The molecule has 0 radical (unpaired) electrons. The van der Waals surface area contributed by atoms with E-state index < -0.39 is 0 Å². The number of amides is 2. The molecule has 3 heterocycles. The number of rotatable bonds is 4. The van der Waals surface area contributed by atoms with E-state index in [4.69, 9.17) is 0 Å². The first-order chi connectivity index (χ1) is 11.3. The number of imidazole rings is 1. The Morgan fingerprint density at radius 3 is 2.96 bits per heavy atom. The van der Waals surface area contributed by atoms with Crippen molar-refractivity contribution in [1.82, 2.24) is 30.2 Å². The largest absolute Gasteiger partial charge is 0.343 e. The fourth-order valence-corrected chi connectivity index (χ4v) is 2.21. The summed E-state index contributed by atoms with van der Waals surface area (Å²) in [7, 11) is 0. The van der Waals surface area contributed by atoms with Crippen LogP contribution in [0.3, 0.4) is 0 Å². The molecule has 3 aromatic rings. The number of aromatic amines is 1. The highest BCUT2D eigenvalue weighted by atomic mass is 16.2. The first kappa shape index (κ1) is 13.6. The molecule has 1 aliphatic carbocycles. The monoisotopic (exact) mass is 309 g/mol. The summed E-state index contributed by atoms with van der Waals surface area (Å²) in [5.74, 6) is 1.70. The Balaban J connectivity index is 1.54. The van der Waals surface area contributed by atoms with Crippen LogP contribution in [0.4, 0.5) is 10.6 Å². The summed E-state index contributed by atoms with van der Waals surface area (Å²) in [6.45, 7) is 0.710. The van der Waals surface area contributed by atoms with Crippen molar-refractivity contribution in [2.75, 3.05) is 11.9 Å². The Morgan fingerprint density at radius 2 is 2.17 bits per heavy atom. The first-order valence-electron chi connectivity index (χ1n) is 7.46. The molecule has 2 amide bonds. The Labute approximate surface area is 131 Å². The zero-order valence-corrected chi connectivity index (χ0v) is 12.3. The highest BCUT2D eigenvalue weighted by Gasteiger charge is 2.21. The fourth-order valence-electron chi connectivity index (χ4n) is 2.21. The van der Waals surface area contributed by atoms with Gasteiger partial charge in [0.1, 0.15) is 17.0 Å². The van der Waals surface area contributed by atoms with Crippen LogP contribution in [0.25, 0.3) is 22.7 Å². The Hall–Kier alpha value is -3.03. The highest BCUT2D eigenvalue weighted by molar-refractivity contribution is 5.89. The van der Waals surface area contributed by atoms with Gasteiger partial charge in [-0.1, -0.05) is 0 Å². The molecule has 1 saturated carbocycles. The molecule has 0 atom stereocenters. The second-order valence-corrected chi connectivity index (χ2v) is 5.51. The van der Waals surface area contributed by atoms with E-state index in [0.717, 1.165) is 0 Å². The molecule has 0 aromatic carbocycles. The minimum Gasteiger partial charge on any atom is -0.343 e. The van der Waals surface area contributed by atoms with E-state index in [1.165, 1.54) is 12.8 Å². The summed E-state index contributed by atoms with van der Waals surface area (Å²) in [4.78, 5) is 32.0. The molecule has 0 saturated heterocycles. The van der Waals surface area contributed by atoms with Gasteiger partial charge in [-0.25, -0.2) is 19.7 Å². The van der Waals surface area contributed by atoms with E-state index in [1.807, 2.05) is 0 Å². The predicted octanol–water partition coefficient (Wildman–Crippen LogP) is 1.95. The van der Waals surface area contributed by atoms with Crippen molar-refractivity contribution in [1.29, 1.82) is 0 Å². The molecular formula is C15H15N7O. The number of hydrogen-bond donors (Lipinski definition) is 3. The van der Waals surface area contributed by atoms with Gasteiger partial charge in [-0.2, -0.15) is 0 Å². The van der Waals surface area contributed by atoms with Gasteiger partial charge in [0.05, 0.1) is 6.20 Å². The lowest BCUT2D eigenvalue weighted by Crippen LogP contribution is -2.30. The normalized spacial score (nSPS) is 13.9. The average molecular weight is 309 g/mol. The second kappa shape index (κ2) is 5.64. The molecule has 8 nitrogen and oxygen atoms in total. The van der Waals surface area contributed by atoms with Gasteiger partial charge < -0.3 is 10.3 Å². The maximum absolute atomic E-state index is 11.8. The van der Waals surface area contributed by atoms with E-state index in [2.05, 4.69) is 35.6 Å². The van der Waals surface area contributed by atoms with Crippen molar-refractivity contribution in [3.8, 4) is 11.5 Å². The number of hydrogen-bond acceptors (Lipinski definition) is 5. The number of aromatic nitrogens is 5. The number of nitrogens with zero attached hydrogens (tertiary/aromatic N) is 4. The van der Waals surface area contributed by atoms with Crippen molar-refractivity contribution >= 4 is 23.0 Å². The van der Waals surface area contributed by atoms with Gasteiger partial charge in [0.2, 0.25) is 0 Å². The van der Waals surface area contributed by atoms with Crippen molar-refractivity contribution in [3.05, 3.63) is 30.7 Å². The van der Waals surface area contributed by atoms with Gasteiger partial charge in [0.15, 0.2) is 11.5 Å². The van der Waals surface area contributed by atoms with E-state index >= 15 is 0 Å². The molecule has 0 bridgehead atoms. The second-order valence-electron chi connectivity index (χ2n) is 5.51. The summed E-state index contributed by atoms with van der Waals surface area (Å²) in [6.07, 6.45) is 7.39. The van der Waals surface area contributed by atoms with E-state index in [0.29, 0.717) is 41.0 Å². The first-order valence-corrected chi connectivity index (χ1v) is 7.46. The number of anilines is 1. The molecular weight excluding hydrogens is 294 g/mol. The number of H-pyrrole nitrogens is 1. The number of pyridine rings is 1. The molecule has 1 aliphatic rings. The molecule has 23 heavy (non-hydrogen) atoms. The van der Waals surface area contributed by atoms with E-state index in [1.54, 1.807) is 30.7 Å². The van der Waals surface area contributed by atoms with Gasteiger partial charge in [0.25, 0.3) is 0 Å². The summed E-state index contributed by atoms with van der Waals surface area (Å²) in [5.41, 5.74) is 1.72. The van der Waals surface area contributed by atoms with Crippen molar-refractivity contribution in [2.45, 2.75) is 12.8 Å². The third-order valence-corrected chi connectivity index (χ3v) is 3.64. The van der Waals surface area contributed by atoms with Gasteiger partial charge in [-0.05, 0) is 30.9 Å². The van der Waals surface area contributed by atoms with Gasteiger partial charge in [-0.3, -0.25) is 10.3 Å². The molecule has 1 fully saturated rings. The number of carbonyl (C=O) groups excluding carboxylic acids is 1. The summed E-state index contributed by atoms with van der Waals surface area (Å²) < 4.78 is 0. The number of nitrogens with one attached hydrogen (secondary N) is 3. The van der Waals surface area contributed by atoms with Crippen LogP contribution in [0.15, 0.2) is 30.7 Å². The lowest BCUT2D eigenvalue weighted by molar-refractivity contribution is 0.251. The third kappa shape index (κ3) is 3.10. The number of fused-ring (bicyclic) bond motifs is 1.